The van der Waals surface area contributed by atoms with Gasteiger partial charge in [0.1, 0.15) is 0 Å². The average molecular weight is 272 g/mol. The van der Waals surface area contributed by atoms with Crippen LogP contribution in [0.4, 0.5) is 4.39 Å². The standard InChI is InChI=1S/C12H8Cl2FNO/c13-7-8-3-2-6-16-12(8)17-10-5-1-4-9(14)11(10)15/h1-6H,7H2. The Hall–Kier alpha value is -1.32. The molecule has 1 heterocycles. The lowest BCUT2D eigenvalue weighted by molar-refractivity contribution is 0.424. The summed E-state index contributed by atoms with van der Waals surface area (Å²) in [4.78, 5) is 4.00. The van der Waals surface area contributed by atoms with Crippen LogP contribution in [0.3, 0.4) is 0 Å². The van der Waals surface area contributed by atoms with E-state index in [4.69, 9.17) is 27.9 Å². The fraction of sp³-hybridized carbons (Fsp3) is 0.0833. The molecular formula is C12H8Cl2FNO. The van der Waals surface area contributed by atoms with Crippen LogP contribution in [-0.2, 0) is 5.88 Å². The van der Waals surface area contributed by atoms with Crippen LogP contribution in [0.25, 0.3) is 0 Å². The molecule has 88 valence electrons. The smallest absolute Gasteiger partial charge is 0.223 e. The second-order valence-electron chi connectivity index (χ2n) is 3.26. The van der Waals surface area contributed by atoms with Crippen molar-refractivity contribution in [3.05, 3.63) is 52.9 Å². The molecule has 0 saturated heterocycles. The van der Waals surface area contributed by atoms with E-state index >= 15 is 0 Å². The average Bonchev–Trinajstić information content (AvgIpc) is 2.35. The Labute approximate surface area is 108 Å². The van der Waals surface area contributed by atoms with E-state index in [9.17, 15) is 4.39 Å². The fourth-order valence-corrected chi connectivity index (χ4v) is 1.65. The van der Waals surface area contributed by atoms with Gasteiger partial charge in [0, 0.05) is 11.8 Å². The van der Waals surface area contributed by atoms with E-state index in [1.165, 1.54) is 12.1 Å². The largest absolute Gasteiger partial charge is 0.436 e. The Balaban J connectivity index is 2.35. The molecule has 0 bridgehead atoms. The molecule has 0 spiro atoms. The number of alkyl halides is 1. The third-order valence-corrected chi connectivity index (χ3v) is 2.70. The Morgan fingerprint density at radius 2 is 2.06 bits per heavy atom. The number of aromatic nitrogens is 1. The number of hydrogen-bond donors (Lipinski definition) is 0. The van der Waals surface area contributed by atoms with Crippen molar-refractivity contribution in [1.82, 2.24) is 4.98 Å². The molecule has 5 heteroatoms. The highest BCUT2D eigenvalue weighted by molar-refractivity contribution is 6.30. The first-order valence-electron chi connectivity index (χ1n) is 4.84. The van der Waals surface area contributed by atoms with Crippen molar-refractivity contribution in [2.75, 3.05) is 0 Å². The van der Waals surface area contributed by atoms with Gasteiger partial charge in [-0.1, -0.05) is 23.7 Å². The normalized spacial score (nSPS) is 10.3. The zero-order valence-corrected chi connectivity index (χ0v) is 10.2. The minimum Gasteiger partial charge on any atom is -0.436 e. The monoisotopic (exact) mass is 271 g/mol. The Bertz CT molecular complexity index is 534. The van der Waals surface area contributed by atoms with E-state index in [1.807, 2.05) is 0 Å². The van der Waals surface area contributed by atoms with Crippen molar-refractivity contribution in [3.63, 3.8) is 0 Å². The molecule has 0 N–H and O–H groups in total. The van der Waals surface area contributed by atoms with E-state index in [0.717, 1.165) is 0 Å². The first kappa shape index (κ1) is 12.1. The molecule has 2 aromatic rings. The van der Waals surface area contributed by atoms with Gasteiger partial charge in [-0.15, -0.1) is 11.6 Å². The SMILES string of the molecule is Fc1c(Cl)cccc1Oc1ncccc1CCl. The summed E-state index contributed by atoms with van der Waals surface area (Å²) in [5.41, 5.74) is 0.688. The number of pyridine rings is 1. The molecule has 0 amide bonds. The van der Waals surface area contributed by atoms with Crippen LogP contribution in [-0.4, -0.2) is 4.98 Å². The topological polar surface area (TPSA) is 22.1 Å². The predicted molar refractivity (Wildman–Crippen MR) is 65.3 cm³/mol. The highest BCUT2D eigenvalue weighted by Crippen LogP contribution is 2.29. The van der Waals surface area contributed by atoms with Gasteiger partial charge in [0.15, 0.2) is 11.6 Å². The van der Waals surface area contributed by atoms with Gasteiger partial charge < -0.3 is 4.74 Å². The van der Waals surface area contributed by atoms with Crippen molar-refractivity contribution >= 4 is 23.2 Å². The summed E-state index contributed by atoms with van der Waals surface area (Å²) in [6, 6.07) is 8.03. The van der Waals surface area contributed by atoms with Gasteiger partial charge >= 0.3 is 0 Å². The summed E-state index contributed by atoms with van der Waals surface area (Å²) in [6.45, 7) is 0. The number of ether oxygens (including phenoxy) is 1. The number of hydrogen-bond acceptors (Lipinski definition) is 2. The van der Waals surface area contributed by atoms with Crippen molar-refractivity contribution < 1.29 is 9.13 Å². The van der Waals surface area contributed by atoms with E-state index < -0.39 is 5.82 Å². The van der Waals surface area contributed by atoms with Crippen molar-refractivity contribution in [3.8, 4) is 11.6 Å². The summed E-state index contributed by atoms with van der Waals surface area (Å²) in [6.07, 6.45) is 1.55. The van der Waals surface area contributed by atoms with Crippen molar-refractivity contribution in [2.24, 2.45) is 0 Å². The number of halogens is 3. The molecule has 17 heavy (non-hydrogen) atoms. The number of benzene rings is 1. The van der Waals surface area contributed by atoms with Crippen LogP contribution in [0, 0.1) is 5.82 Å². The third kappa shape index (κ3) is 2.68. The minimum absolute atomic E-state index is 0.00542. The Morgan fingerprint density at radius 3 is 2.82 bits per heavy atom. The summed E-state index contributed by atoms with van der Waals surface area (Å²) in [5, 5.41) is 0.00542. The second-order valence-corrected chi connectivity index (χ2v) is 3.93. The first-order chi connectivity index (χ1) is 8.22. The number of rotatable bonds is 3. The van der Waals surface area contributed by atoms with Crippen molar-refractivity contribution in [1.29, 1.82) is 0 Å². The Morgan fingerprint density at radius 1 is 1.24 bits per heavy atom. The zero-order chi connectivity index (χ0) is 12.3. The number of nitrogens with zero attached hydrogens (tertiary/aromatic N) is 1. The Kier molecular flexibility index (Phi) is 3.82. The maximum absolute atomic E-state index is 13.6. The molecule has 1 aromatic heterocycles. The molecule has 1 aromatic carbocycles. The minimum atomic E-state index is -0.611. The summed E-state index contributed by atoms with van der Waals surface area (Å²) in [7, 11) is 0. The van der Waals surface area contributed by atoms with E-state index in [2.05, 4.69) is 4.98 Å². The summed E-state index contributed by atoms with van der Waals surface area (Å²) in [5.74, 6) is -0.0580. The van der Waals surface area contributed by atoms with E-state index in [1.54, 1.807) is 24.4 Å². The molecular weight excluding hydrogens is 264 g/mol. The van der Waals surface area contributed by atoms with Crippen LogP contribution >= 0.6 is 23.2 Å². The fourth-order valence-electron chi connectivity index (χ4n) is 1.28. The maximum Gasteiger partial charge on any atom is 0.223 e. The van der Waals surface area contributed by atoms with Gasteiger partial charge in [0.25, 0.3) is 0 Å². The van der Waals surface area contributed by atoms with Gasteiger partial charge in [0.2, 0.25) is 5.88 Å². The second kappa shape index (κ2) is 5.34. The molecule has 0 saturated carbocycles. The van der Waals surface area contributed by atoms with Crippen LogP contribution in [0.1, 0.15) is 5.56 Å². The van der Waals surface area contributed by atoms with Gasteiger partial charge in [-0.2, -0.15) is 0 Å². The summed E-state index contributed by atoms with van der Waals surface area (Å²) >= 11 is 11.4. The lowest BCUT2D eigenvalue weighted by Crippen LogP contribution is -1.94. The van der Waals surface area contributed by atoms with Crippen molar-refractivity contribution in [2.45, 2.75) is 5.88 Å². The lowest BCUT2D eigenvalue weighted by Gasteiger charge is -2.09. The van der Waals surface area contributed by atoms with Gasteiger partial charge in [0.05, 0.1) is 10.9 Å². The van der Waals surface area contributed by atoms with Gasteiger partial charge in [-0.25, -0.2) is 9.37 Å². The van der Waals surface area contributed by atoms with Gasteiger partial charge in [-0.05, 0) is 18.2 Å². The van der Waals surface area contributed by atoms with Gasteiger partial charge in [-0.3, -0.25) is 0 Å². The molecule has 0 fully saturated rings. The molecule has 0 aliphatic heterocycles. The molecule has 0 aliphatic rings. The molecule has 0 atom stereocenters. The lowest BCUT2D eigenvalue weighted by atomic mass is 10.3. The van der Waals surface area contributed by atoms with Crippen LogP contribution in [0.2, 0.25) is 5.02 Å². The highest BCUT2D eigenvalue weighted by atomic mass is 35.5. The zero-order valence-electron chi connectivity index (χ0n) is 8.66. The van der Waals surface area contributed by atoms with Crippen LogP contribution in [0.5, 0.6) is 11.6 Å². The molecule has 2 nitrogen and oxygen atoms in total. The quantitative estimate of drug-likeness (QED) is 0.772. The molecule has 2 rings (SSSR count). The molecule has 0 aliphatic carbocycles. The molecule has 0 radical (unpaired) electrons. The first-order valence-corrected chi connectivity index (χ1v) is 5.75. The maximum atomic E-state index is 13.6. The molecule has 0 unspecified atom stereocenters. The third-order valence-electron chi connectivity index (χ3n) is 2.12. The predicted octanol–water partition coefficient (Wildman–Crippen LogP) is 4.41. The van der Waals surface area contributed by atoms with Crippen LogP contribution in [0.15, 0.2) is 36.5 Å². The van der Waals surface area contributed by atoms with E-state index in [-0.39, 0.29) is 22.5 Å². The van der Waals surface area contributed by atoms with Crippen LogP contribution < -0.4 is 4.74 Å². The highest BCUT2D eigenvalue weighted by Gasteiger charge is 2.11. The van der Waals surface area contributed by atoms with E-state index in [0.29, 0.717) is 5.56 Å². The summed E-state index contributed by atoms with van der Waals surface area (Å²) < 4.78 is 19.0.